The van der Waals surface area contributed by atoms with Crippen LogP contribution in [0.2, 0.25) is 0 Å². The molecule has 0 spiro atoms. The molecule has 0 saturated carbocycles. The Hall–Kier alpha value is -3.17. The minimum absolute atomic E-state index is 0.0945. The van der Waals surface area contributed by atoms with Gasteiger partial charge < -0.3 is 4.42 Å². The van der Waals surface area contributed by atoms with Crippen molar-refractivity contribution in [3.63, 3.8) is 0 Å². The number of halogens is 2. The van der Waals surface area contributed by atoms with Crippen molar-refractivity contribution in [2.75, 3.05) is 5.32 Å². The Balaban J connectivity index is 1.71. The molecule has 0 unspecified atom stereocenters. The standard InChI is InChI=1S/C14H10F2N4O4/c15-7-2-1-3-8(16)12(7)13(23)17-14-19-18-9(24-14)6-20-10(21)4-5-11(20)22/h1-3H,4-6H2,(H,17,19,23). The van der Waals surface area contributed by atoms with E-state index in [9.17, 15) is 23.2 Å². The largest absolute Gasteiger partial charge is 0.406 e. The molecule has 0 aliphatic carbocycles. The van der Waals surface area contributed by atoms with E-state index in [2.05, 4.69) is 15.5 Å². The van der Waals surface area contributed by atoms with E-state index < -0.39 is 29.1 Å². The number of rotatable bonds is 4. The van der Waals surface area contributed by atoms with Gasteiger partial charge in [0.2, 0.25) is 17.7 Å². The van der Waals surface area contributed by atoms with Crippen LogP contribution in [0, 0.1) is 11.6 Å². The lowest BCUT2D eigenvalue weighted by Gasteiger charge is -2.09. The first-order valence-electron chi connectivity index (χ1n) is 6.86. The van der Waals surface area contributed by atoms with Crippen molar-refractivity contribution in [1.82, 2.24) is 15.1 Å². The van der Waals surface area contributed by atoms with Crippen LogP contribution in [0.5, 0.6) is 0 Å². The van der Waals surface area contributed by atoms with Crippen molar-refractivity contribution in [3.05, 3.63) is 41.3 Å². The van der Waals surface area contributed by atoms with E-state index in [1.54, 1.807) is 0 Å². The summed E-state index contributed by atoms with van der Waals surface area (Å²) >= 11 is 0. The number of carbonyl (C=O) groups excluding carboxylic acids is 3. The third-order valence-electron chi connectivity index (χ3n) is 3.33. The normalized spacial score (nSPS) is 14.3. The average molecular weight is 336 g/mol. The Kier molecular flexibility index (Phi) is 4.02. The van der Waals surface area contributed by atoms with Gasteiger partial charge in [-0.2, -0.15) is 0 Å². The molecule has 24 heavy (non-hydrogen) atoms. The van der Waals surface area contributed by atoms with E-state index in [-0.39, 0.29) is 37.1 Å². The highest BCUT2D eigenvalue weighted by atomic mass is 19.1. The monoisotopic (exact) mass is 336 g/mol. The molecule has 2 aromatic rings. The third-order valence-corrected chi connectivity index (χ3v) is 3.33. The molecule has 1 saturated heterocycles. The van der Waals surface area contributed by atoms with Gasteiger partial charge in [0, 0.05) is 12.8 Å². The highest BCUT2D eigenvalue weighted by molar-refractivity contribution is 6.03. The van der Waals surface area contributed by atoms with Gasteiger partial charge in [-0.25, -0.2) is 8.78 Å². The molecule has 1 aromatic carbocycles. The lowest BCUT2D eigenvalue weighted by Crippen LogP contribution is -2.28. The highest BCUT2D eigenvalue weighted by Crippen LogP contribution is 2.18. The molecule has 1 fully saturated rings. The van der Waals surface area contributed by atoms with Crippen LogP contribution in [0.15, 0.2) is 22.6 Å². The van der Waals surface area contributed by atoms with Crippen molar-refractivity contribution < 1.29 is 27.6 Å². The maximum atomic E-state index is 13.5. The summed E-state index contributed by atoms with van der Waals surface area (Å²) in [4.78, 5) is 35.8. The third kappa shape index (κ3) is 2.98. The Morgan fingerprint density at radius 2 is 1.79 bits per heavy atom. The molecule has 10 heteroatoms. The number of imide groups is 1. The summed E-state index contributed by atoms with van der Waals surface area (Å²) in [7, 11) is 0. The number of hydrogen-bond acceptors (Lipinski definition) is 6. The number of likely N-dealkylation sites (tertiary alicyclic amines) is 1. The second kappa shape index (κ2) is 6.14. The van der Waals surface area contributed by atoms with Crippen LogP contribution in [0.25, 0.3) is 0 Å². The van der Waals surface area contributed by atoms with Gasteiger partial charge in [0.1, 0.15) is 23.7 Å². The van der Waals surface area contributed by atoms with Crippen LogP contribution < -0.4 is 5.32 Å². The van der Waals surface area contributed by atoms with Crippen molar-refractivity contribution >= 4 is 23.7 Å². The molecule has 0 bridgehead atoms. The number of nitrogens with zero attached hydrogens (tertiary/aromatic N) is 3. The van der Waals surface area contributed by atoms with Crippen LogP contribution in [-0.4, -0.2) is 32.8 Å². The van der Waals surface area contributed by atoms with E-state index in [1.807, 2.05) is 0 Å². The fourth-order valence-electron chi connectivity index (χ4n) is 2.18. The second-order valence-electron chi connectivity index (χ2n) is 4.93. The zero-order valence-corrected chi connectivity index (χ0v) is 12.1. The Bertz CT molecular complexity index is 800. The summed E-state index contributed by atoms with van der Waals surface area (Å²) in [6, 6.07) is 2.58. The van der Waals surface area contributed by atoms with Crippen LogP contribution >= 0.6 is 0 Å². The van der Waals surface area contributed by atoms with Gasteiger partial charge in [-0.3, -0.25) is 24.6 Å². The predicted octanol–water partition coefficient (Wildman–Crippen LogP) is 1.25. The SMILES string of the molecule is O=C(Nc1nnc(CN2C(=O)CCC2=O)o1)c1c(F)cccc1F. The molecule has 0 atom stereocenters. The molecule has 8 nitrogen and oxygen atoms in total. The Labute approximate surface area is 133 Å². The van der Waals surface area contributed by atoms with Crippen LogP contribution in [0.3, 0.4) is 0 Å². The van der Waals surface area contributed by atoms with Crippen molar-refractivity contribution in [2.24, 2.45) is 0 Å². The number of amides is 3. The summed E-state index contributed by atoms with van der Waals surface area (Å²) in [5.74, 6) is -4.01. The molecule has 1 aromatic heterocycles. The van der Waals surface area contributed by atoms with Crippen LogP contribution in [0.4, 0.5) is 14.8 Å². The minimum Gasteiger partial charge on any atom is -0.406 e. The first kappa shape index (κ1) is 15.7. The van der Waals surface area contributed by atoms with E-state index in [4.69, 9.17) is 4.42 Å². The van der Waals surface area contributed by atoms with Gasteiger partial charge in [0.05, 0.1) is 0 Å². The van der Waals surface area contributed by atoms with E-state index in [0.29, 0.717) is 0 Å². The number of carbonyl (C=O) groups is 3. The van der Waals surface area contributed by atoms with Gasteiger partial charge in [0.15, 0.2) is 0 Å². The zero-order chi connectivity index (χ0) is 17.3. The molecule has 1 N–H and O–H groups in total. The van der Waals surface area contributed by atoms with E-state index in [0.717, 1.165) is 23.1 Å². The molecule has 2 heterocycles. The summed E-state index contributed by atoms with van der Waals surface area (Å²) < 4.78 is 32.1. The zero-order valence-electron chi connectivity index (χ0n) is 12.1. The molecular formula is C14H10F2N4O4. The van der Waals surface area contributed by atoms with Gasteiger partial charge in [-0.05, 0) is 12.1 Å². The van der Waals surface area contributed by atoms with E-state index in [1.165, 1.54) is 0 Å². The predicted molar refractivity (Wildman–Crippen MR) is 73.4 cm³/mol. The topological polar surface area (TPSA) is 105 Å². The summed E-state index contributed by atoms with van der Waals surface area (Å²) in [6.45, 7) is -0.228. The maximum absolute atomic E-state index is 13.5. The quantitative estimate of drug-likeness (QED) is 0.843. The molecular weight excluding hydrogens is 326 g/mol. The second-order valence-corrected chi connectivity index (χ2v) is 4.93. The van der Waals surface area contributed by atoms with Gasteiger partial charge in [-0.1, -0.05) is 11.2 Å². The molecule has 3 amide bonds. The van der Waals surface area contributed by atoms with E-state index >= 15 is 0 Å². The number of benzene rings is 1. The Morgan fingerprint density at radius 1 is 1.17 bits per heavy atom. The molecule has 1 aliphatic heterocycles. The fraction of sp³-hybridized carbons (Fsp3) is 0.214. The minimum atomic E-state index is -1.10. The number of aromatic nitrogens is 2. The molecule has 3 rings (SSSR count). The molecule has 124 valence electrons. The van der Waals surface area contributed by atoms with Crippen LogP contribution in [-0.2, 0) is 16.1 Å². The number of hydrogen-bond donors (Lipinski definition) is 1. The molecule has 1 aliphatic rings. The lowest BCUT2D eigenvalue weighted by molar-refractivity contribution is -0.139. The summed E-state index contributed by atoms with van der Waals surface area (Å²) in [5.41, 5.74) is -0.790. The first-order valence-corrected chi connectivity index (χ1v) is 6.86. The van der Waals surface area contributed by atoms with Gasteiger partial charge in [0.25, 0.3) is 5.91 Å². The smallest absolute Gasteiger partial charge is 0.322 e. The number of nitrogens with one attached hydrogen (secondary N) is 1. The average Bonchev–Trinajstić information content (AvgIpc) is 3.09. The highest BCUT2D eigenvalue weighted by Gasteiger charge is 2.30. The van der Waals surface area contributed by atoms with Gasteiger partial charge >= 0.3 is 6.01 Å². The lowest BCUT2D eigenvalue weighted by atomic mass is 10.2. The number of anilines is 1. The van der Waals surface area contributed by atoms with Crippen LogP contribution in [0.1, 0.15) is 29.1 Å². The van der Waals surface area contributed by atoms with Crippen molar-refractivity contribution in [3.8, 4) is 0 Å². The fourth-order valence-corrected chi connectivity index (χ4v) is 2.18. The molecule has 0 radical (unpaired) electrons. The first-order chi connectivity index (χ1) is 11.5. The van der Waals surface area contributed by atoms with Crippen molar-refractivity contribution in [1.29, 1.82) is 0 Å². The Morgan fingerprint density at radius 3 is 2.42 bits per heavy atom. The maximum Gasteiger partial charge on any atom is 0.322 e. The summed E-state index contributed by atoms with van der Waals surface area (Å²) in [5, 5.41) is 9.13. The summed E-state index contributed by atoms with van der Waals surface area (Å²) in [6.07, 6.45) is 0.228. The van der Waals surface area contributed by atoms with Gasteiger partial charge in [-0.15, -0.1) is 5.10 Å². The van der Waals surface area contributed by atoms with Crippen molar-refractivity contribution in [2.45, 2.75) is 19.4 Å².